The molecule has 0 saturated carbocycles. The number of pyridine rings is 1. The third-order valence-corrected chi connectivity index (χ3v) is 2.82. The van der Waals surface area contributed by atoms with E-state index in [0.29, 0.717) is 5.88 Å². The SMILES string of the molecule is COc1nc(/C=C\c2ncc[nH]2)ccc1CC=C(C)C. The van der Waals surface area contributed by atoms with Gasteiger partial charge in [0.2, 0.25) is 5.88 Å². The molecule has 0 spiro atoms. The number of nitrogens with one attached hydrogen (secondary N) is 1. The zero-order chi connectivity index (χ0) is 14.4. The molecule has 2 rings (SSSR count). The molecule has 4 nitrogen and oxygen atoms in total. The van der Waals surface area contributed by atoms with Gasteiger partial charge in [-0.1, -0.05) is 17.7 Å². The van der Waals surface area contributed by atoms with Gasteiger partial charge < -0.3 is 9.72 Å². The topological polar surface area (TPSA) is 50.8 Å². The fraction of sp³-hybridized carbons (Fsp3) is 0.250. The number of H-pyrrole nitrogens is 1. The molecule has 0 aromatic carbocycles. The summed E-state index contributed by atoms with van der Waals surface area (Å²) in [5, 5.41) is 0. The zero-order valence-corrected chi connectivity index (χ0v) is 12.1. The molecule has 0 aliphatic carbocycles. The van der Waals surface area contributed by atoms with Gasteiger partial charge in [-0.25, -0.2) is 9.97 Å². The molecule has 2 aromatic rings. The van der Waals surface area contributed by atoms with Crippen molar-refractivity contribution in [1.82, 2.24) is 15.0 Å². The van der Waals surface area contributed by atoms with E-state index < -0.39 is 0 Å². The van der Waals surface area contributed by atoms with E-state index in [9.17, 15) is 0 Å². The maximum absolute atomic E-state index is 5.36. The van der Waals surface area contributed by atoms with Crippen molar-refractivity contribution in [3.05, 3.63) is 53.3 Å². The van der Waals surface area contributed by atoms with Crippen LogP contribution in [0.5, 0.6) is 5.88 Å². The maximum Gasteiger partial charge on any atom is 0.217 e. The Labute approximate surface area is 119 Å². The van der Waals surface area contributed by atoms with Crippen molar-refractivity contribution in [1.29, 1.82) is 0 Å². The highest BCUT2D eigenvalue weighted by atomic mass is 16.5. The van der Waals surface area contributed by atoms with E-state index in [-0.39, 0.29) is 0 Å². The van der Waals surface area contributed by atoms with E-state index in [0.717, 1.165) is 23.5 Å². The number of methoxy groups -OCH3 is 1. The van der Waals surface area contributed by atoms with Gasteiger partial charge in [0.05, 0.1) is 12.8 Å². The first kappa shape index (κ1) is 14.1. The fourth-order valence-corrected chi connectivity index (χ4v) is 1.76. The summed E-state index contributed by atoms with van der Waals surface area (Å²) in [6.07, 6.45) is 10.3. The quantitative estimate of drug-likeness (QED) is 0.845. The molecule has 0 atom stereocenters. The molecule has 104 valence electrons. The minimum absolute atomic E-state index is 0.670. The summed E-state index contributed by atoms with van der Waals surface area (Å²) in [6, 6.07) is 4.03. The van der Waals surface area contributed by atoms with E-state index in [2.05, 4.69) is 34.9 Å². The second-order valence-electron chi connectivity index (χ2n) is 4.70. The van der Waals surface area contributed by atoms with Gasteiger partial charge in [0, 0.05) is 18.0 Å². The average Bonchev–Trinajstić information content (AvgIpc) is 2.96. The van der Waals surface area contributed by atoms with Gasteiger partial charge >= 0.3 is 0 Å². The number of hydrogen-bond donors (Lipinski definition) is 1. The van der Waals surface area contributed by atoms with E-state index >= 15 is 0 Å². The van der Waals surface area contributed by atoms with Crippen LogP contribution >= 0.6 is 0 Å². The Kier molecular flexibility index (Phi) is 4.71. The Bertz CT molecular complexity index is 609. The van der Waals surface area contributed by atoms with E-state index in [1.54, 1.807) is 19.5 Å². The fourth-order valence-electron chi connectivity index (χ4n) is 1.76. The van der Waals surface area contributed by atoms with Crippen molar-refractivity contribution in [2.75, 3.05) is 7.11 Å². The first-order chi connectivity index (χ1) is 9.69. The van der Waals surface area contributed by atoms with Gasteiger partial charge in [-0.15, -0.1) is 0 Å². The summed E-state index contributed by atoms with van der Waals surface area (Å²) in [6.45, 7) is 4.17. The van der Waals surface area contributed by atoms with Crippen LogP contribution in [0.4, 0.5) is 0 Å². The third-order valence-electron chi connectivity index (χ3n) is 2.82. The van der Waals surface area contributed by atoms with Crippen LogP contribution in [0, 0.1) is 0 Å². The molecule has 0 amide bonds. The Balaban J connectivity index is 2.18. The summed E-state index contributed by atoms with van der Waals surface area (Å²) < 4.78 is 5.36. The number of rotatable bonds is 5. The summed E-state index contributed by atoms with van der Waals surface area (Å²) >= 11 is 0. The molecule has 1 N–H and O–H groups in total. The predicted molar refractivity (Wildman–Crippen MR) is 81.4 cm³/mol. The molecule has 0 radical (unpaired) electrons. The lowest BCUT2D eigenvalue weighted by molar-refractivity contribution is 0.393. The van der Waals surface area contributed by atoms with Crippen LogP contribution in [-0.4, -0.2) is 22.1 Å². The van der Waals surface area contributed by atoms with Gasteiger partial charge in [-0.2, -0.15) is 0 Å². The van der Waals surface area contributed by atoms with Crippen LogP contribution in [0.3, 0.4) is 0 Å². The number of hydrogen-bond acceptors (Lipinski definition) is 3. The van der Waals surface area contributed by atoms with E-state index in [1.165, 1.54) is 5.57 Å². The van der Waals surface area contributed by atoms with Gasteiger partial charge in [-0.3, -0.25) is 0 Å². The predicted octanol–water partition coefficient (Wildman–Crippen LogP) is 3.49. The van der Waals surface area contributed by atoms with Crippen molar-refractivity contribution < 1.29 is 4.74 Å². The van der Waals surface area contributed by atoms with Gasteiger partial charge in [0.1, 0.15) is 5.82 Å². The highest BCUT2D eigenvalue weighted by Crippen LogP contribution is 2.18. The van der Waals surface area contributed by atoms with Crippen LogP contribution in [0.15, 0.2) is 36.2 Å². The number of aromatic amines is 1. The van der Waals surface area contributed by atoms with Crippen LogP contribution in [0.1, 0.15) is 30.9 Å². The van der Waals surface area contributed by atoms with Crippen molar-refractivity contribution in [3.63, 3.8) is 0 Å². The van der Waals surface area contributed by atoms with Crippen LogP contribution in [0.2, 0.25) is 0 Å². The molecule has 0 unspecified atom stereocenters. The molecule has 0 aliphatic heterocycles. The Morgan fingerprint density at radius 2 is 2.15 bits per heavy atom. The van der Waals surface area contributed by atoms with Crippen molar-refractivity contribution in [3.8, 4) is 5.88 Å². The van der Waals surface area contributed by atoms with Crippen LogP contribution in [-0.2, 0) is 6.42 Å². The third kappa shape index (κ3) is 3.82. The zero-order valence-electron chi connectivity index (χ0n) is 12.1. The number of imidazole rings is 1. The monoisotopic (exact) mass is 269 g/mol. The largest absolute Gasteiger partial charge is 0.481 e. The molecule has 20 heavy (non-hydrogen) atoms. The minimum Gasteiger partial charge on any atom is -0.481 e. The van der Waals surface area contributed by atoms with Gasteiger partial charge in [-0.05, 0) is 38.5 Å². The lowest BCUT2D eigenvalue weighted by Crippen LogP contribution is -1.96. The number of nitrogens with zero attached hydrogens (tertiary/aromatic N) is 2. The Morgan fingerprint density at radius 3 is 2.80 bits per heavy atom. The Morgan fingerprint density at radius 1 is 1.30 bits per heavy atom. The normalized spacial score (nSPS) is 10.8. The smallest absolute Gasteiger partial charge is 0.217 e. The Hall–Kier alpha value is -2.36. The number of allylic oxidation sites excluding steroid dienone is 2. The summed E-state index contributed by atoms with van der Waals surface area (Å²) in [4.78, 5) is 11.6. The lowest BCUT2D eigenvalue weighted by atomic mass is 10.1. The van der Waals surface area contributed by atoms with Crippen molar-refractivity contribution in [2.24, 2.45) is 0 Å². The van der Waals surface area contributed by atoms with E-state index in [4.69, 9.17) is 4.74 Å². The summed E-state index contributed by atoms with van der Waals surface area (Å²) in [5.74, 6) is 1.48. The van der Waals surface area contributed by atoms with Gasteiger partial charge in [0.15, 0.2) is 0 Å². The van der Waals surface area contributed by atoms with Crippen molar-refractivity contribution in [2.45, 2.75) is 20.3 Å². The minimum atomic E-state index is 0.670. The van der Waals surface area contributed by atoms with Gasteiger partial charge in [0.25, 0.3) is 0 Å². The lowest BCUT2D eigenvalue weighted by Gasteiger charge is -2.06. The number of aromatic nitrogens is 3. The molecule has 4 heteroatoms. The molecular weight excluding hydrogens is 250 g/mol. The summed E-state index contributed by atoms with van der Waals surface area (Å²) in [5.41, 5.74) is 3.22. The molecule has 2 aromatic heterocycles. The average molecular weight is 269 g/mol. The first-order valence-corrected chi connectivity index (χ1v) is 6.54. The molecule has 0 saturated heterocycles. The van der Waals surface area contributed by atoms with Crippen LogP contribution < -0.4 is 4.74 Å². The second kappa shape index (κ2) is 6.70. The molecular formula is C16H19N3O. The number of ether oxygens (including phenoxy) is 1. The highest BCUT2D eigenvalue weighted by molar-refractivity contribution is 5.65. The second-order valence-corrected chi connectivity index (χ2v) is 4.70. The maximum atomic E-state index is 5.36. The molecule has 0 bridgehead atoms. The molecule has 0 fully saturated rings. The molecule has 0 aliphatic rings. The first-order valence-electron chi connectivity index (χ1n) is 6.54. The van der Waals surface area contributed by atoms with E-state index in [1.807, 2.05) is 24.3 Å². The highest BCUT2D eigenvalue weighted by Gasteiger charge is 2.04. The standard InChI is InChI=1S/C16H19N3O/c1-12(2)4-5-13-6-7-14(19-16(13)20-3)8-9-15-17-10-11-18-15/h4,6-11H,5H2,1-3H3,(H,17,18)/b9-8-. The summed E-state index contributed by atoms with van der Waals surface area (Å²) in [7, 11) is 1.65. The van der Waals surface area contributed by atoms with Crippen molar-refractivity contribution >= 4 is 12.2 Å². The van der Waals surface area contributed by atoms with Crippen LogP contribution in [0.25, 0.3) is 12.2 Å². The molecule has 2 heterocycles.